The van der Waals surface area contributed by atoms with Gasteiger partial charge in [-0.1, -0.05) is 27.2 Å². The highest BCUT2D eigenvalue weighted by Crippen LogP contribution is 2.41. The van der Waals surface area contributed by atoms with Gasteiger partial charge in [-0.05, 0) is 56.4 Å². The molecule has 3 atom stereocenters. The van der Waals surface area contributed by atoms with Gasteiger partial charge in [-0.3, -0.25) is 0 Å². The van der Waals surface area contributed by atoms with Crippen LogP contribution in [0.5, 0.6) is 0 Å². The van der Waals surface area contributed by atoms with Crippen LogP contribution in [0.15, 0.2) is 0 Å². The summed E-state index contributed by atoms with van der Waals surface area (Å²) in [5.74, 6) is 0.776. The topological polar surface area (TPSA) is 32.3 Å². The molecule has 0 spiro atoms. The maximum atomic E-state index is 10.9. The van der Waals surface area contributed by atoms with Crippen LogP contribution in [-0.4, -0.2) is 23.3 Å². The van der Waals surface area contributed by atoms with Gasteiger partial charge in [-0.25, -0.2) is 0 Å². The highest BCUT2D eigenvalue weighted by Gasteiger charge is 2.41. The lowest BCUT2D eigenvalue weighted by Gasteiger charge is -2.34. The summed E-state index contributed by atoms with van der Waals surface area (Å²) in [5, 5.41) is 14.4. The quantitative estimate of drug-likeness (QED) is 0.689. The molecule has 3 unspecified atom stereocenters. The Morgan fingerprint density at radius 1 is 1.06 bits per heavy atom. The van der Waals surface area contributed by atoms with Crippen LogP contribution in [-0.2, 0) is 0 Å². The van der Waals surface area contributed by atoms with Gasteiger partial charge >= 0.3 is 0 Å². The van der Waals surface area contributed by atoms with E-state index < -0.39 is 5.60 Å². The molecule has 2 rings (SSSR count). The third kappa shape index (κ3) is 3.03. The van der Waals surface area contributed by atoms with Crippen molar-refractivity contribution >= 4 is 0 Å². The van der Waals surface area contributed by atoms with Crippen molar-refractivity contribution in [2.45, 2.75) is 77.4 Å². The van der Waals surface area contributed by atoms with Gasteiger partial charge in [0.05, 0.1) is 5.60 Å². The predicted octanol–water partition coefficient (Wildman–Crippen LogP) is 3.10. The summed E-state index contributed by atoms with van der Waals surface area (Å²) in [6, 6.07) is 0.362. The number of rotatable bonds is 1. The normalized spacial score (nSPS) is 40.2. The molecule has 0 amide bonds. The molecule has 100 valence electrons. The fourth-order valence-electron chi connectivity index (χ4n) is 3.71. The molecule has 2 heteroatoms. The Balaban J connectivity index is 1.99. The standard InChI is InChI=1S/C15H29NO/c1-14(2,3)12-6-4-9-15(17,10-8-12)13-7-5-11-16-13/h12-13,16-17H,4-11H2,1-3H3. The second kappa shape index (κ2) is 4.89. The van der Waals surface area contributed by atoms with Gasteiger partial charge in [0.1, 0.15) is 0 Å². The maximum Gasteiger partial charge on any atom is 0.0800 e. The van der Waals surface area contributed by atoms with Crippen LogP contribution in [0.25, 0.3) is 0 Å². The van der Waals surface area contributed by atoms with Crippen molar-refractivity contribution < 1.29 is 5.11 Å². The summed E-state index contributed by atoms with van der Waals surface area (Å²) in [6.45, 7) is 8.12. The average molecular weight is 239 g/mol. The Bertz CT molecular complexity index is 252. The molecule has 2 aliphatic rings. The zero-order valence-corrected chi connectivity index (χ0v) is 11.8. The molecule has 0 aromatic carbocycles. The second-order valence-corrected chi connectivity index (χ2v) is 7.25. The minimum Gasteiger partial charge on any atom is -0.388 e. The van der Waals surface area contributed by atoms with Crippen LogP contribution in [0.4, 0.5) is 0 Å². The molecular formula is C15H29NO. The summed E-state index contributed by atoms with van der Waals surface area (Å²) in [6.07, 6.45) is 8.06. The van der Waals surface area contributed by atoms with E-state index in [1.165, 1.54) is 25.7 Å². The highest BCUT2D eigenvalue weighted by molar-refractivity contribution is 4.97. The lowest BCUT2D eigenvalue weighted by Crippen LogP contribution is -2.47. The van der Waals surface area contributed by atoms with E-state index in [9.17, 15) is 5.11 Å². The minimum absolute atomic E-state index is 0.362. The van der Waals surface area contributed by atoms with Gasteiger partial charge in [0.25, 0.3) is 0 Å². The molecule has 17 heavy (non-hydrogen) atoms. The summed E-state index contributed by atoms with van der Waals surface area (Å²) >= 11 is 0. The molecule has 1 saturated carbocycles. The third-order valence-electron chi connectivity index (χ3n) is 5.02. The molecule has 1 heterocycles. The largest absolute Gasteiger partial charge is 0.388 e. The van der Waals surface area contributed by atoms with E-state index in [1.54, 1.807) is 0 Å². The van der Waals surface area contributed by atoms with E-state index in [1.807, 2.05) is 0 Å². The molecular weight excluding hydrogens is 210 g/mol. The lowest BCUT2D eigenvalue weighted by molar-refractivity contribution is -0.00868. The third-order valence-corrected chi connectivity index (χ3v) is 5.02. The molecule has 1 aliphatic carbocycles. The van der Waals surface area contributed by atoms with Gasteiger partial charge in [-0.2, -0.15) is 0 Å². The van der Waals surface area contributed by atoms with Gasteiger partial charge in [0, 0.05) is 6.04 Å². The smallest absolute Gasteiger partial charge is 0.0800 e. The Hall–Kier alpha value is -0.0800. The number of hydrogen-bond acceptors (Lipinski definition) is 2. The molecule has 0 bridgehead atoms. The Morgan fingerprint density at radius 3 is 2.41 bits per heavy atom. The van der Waals surface area contributed by atoms with Crippen LogP contribution < -0.4 is 5.32 Å². The zero-order valence-electron chi connectivity index (χ0n) is 11.8. The van der Waals surface area contributed by atoms with E-state index in [0.717, 1.165) is 31.7 Å². The van der Waals surface area contributed by atoms with Crippen molar-refractivity contribution in [2.75, 3.05) is 6.54 Å². The van der Waals surface area contributed by atoms with Crippen LogP contribution in [0.3, 0.4) is 0 Å². The SMILES string of the molecule is CC(C)(C)C1CCCC(O)(C2CCCN2)CC1. The van der Waals surface area contributed by atoms with Crippen LogP contribution in [0.2, 0.25) is 0 Å². The minimum atomic E-state index is -0.420. The van der Waals surface area contributed by atoms with E-state index in [4.69, 9.17) is 0 Å². The Kier molecular flexibility index (Phi) is 3.84. The molecule has 2 nitrogen and oxygen atoms in total. The van der Waals surface area contributed by atoms with Crippen LogP contribution in [0.1, 0.15) is 65.7 Å². The fourth-order valence-corrected chi connectivity index (χ4v) is 3.71. The highest BCUT2D eigenvalue weighted by atomic mass is 16.3. The Labute approximate surface area is 106 Å². The van der Waals surface area contributed by atoms with Crippen LogP contribution >= 0.6 is 0 Å². The monoisotopic (exact) mass is 239 g/mol. The molecule has 0 aromatic heterocycles. The van der Waals surface area contributed by atoms with Crippen LogP contribution in [0, 0.1) is 11.3 Å². The van der Waals surface area contributed by atoms with Crippen molar-refractivity contribution in [1.82, 2.24) is 5.32 Å². The zero-order chi connectivity index (χ0) is 12.5. The number of aliphatic hydroxyl groups is 1. The summed E-state index contributed by atoms with van der Waals surface area (Å²) in [7, 11) is 0. The first-order valence-corrected chi connectivity index (χ1v) is 7.38. The van der Waals surface area contributed by atoms with E-state index in [-0.39, 0.29) is 0 Å². The van der Waals surface area contributed by atoms with Crippen molar-refractivity contribution in [3.8, 4) is 0 Å². The van der Waals surface area contributed by atoms with E-state index >= 15 is 0 Å². The second-order valence-electron chi connectivity index (χ2n) is 7.25. The van der Waals surface area contributed by atoms with Crippen molar-refractivity contribution in [2.24, 2.45) is 11.3 Å². The van der Waals surface area contributed by atoms with Gasteiger partial charge in [-0.15, -0.1) is 0 Å². The van der Waals surface area contributed by atoms with Crippen molar-refractivity contribution in [1.29, 1.82) is 0 Å². The first-order valence-electron chi connectivity index (χ1n) is 7.38. The fraction of sp³-hybridized carbons (Fsp3) is 1.00. The average Bonchev–Trinajstić information content (AvgIpc) is 2.68. The van der Waals surface area contributed by atoms with Gasteiger partial charge in [0.15, 0.2) is 0 Å². The molecule has 0 aromatic rings. The maximum absolute atomic E-state index is 10.9. The summed E-state index contributed by atoms with van der Waals surface area (Å²) in [5.41, 5.74) is -0.0230. The molecule has 1 saturated heterocycles. The van der Waals surface area contributed by atoms with E-state index in [0.29, 0.717) is 11.5 Å². The lowest BCUT2D eigenvalue weighted by atomic mass is 9.76. The molecule has 0 radical (unpaired) electrons. The molecule has 2 fully saturated rings. The predicted molar refractivity (Wildman–Crippen MR) is 72.0 cm³/mol. The first kappa shape index (κ1) is 13.4. The summed E-state index contributed by atoms with van der Waals surface area (Å²) < 4.78 is 0. The first-order chi connectivity index (χ1) is 7.92. The molecule has 2 N–H and O–H groups in total. The van der Waals surface area contributed by atoms with Gasteiger partial charge < -0.3 is 10.4 Å². The number of hydrogen-bond donors (Lipinski definition) is 2. The summed E-state index contributed by atoms with van der Waals surface area (Å²) in [4.78, 5) is 0. The van der Waals surface area contributed by atoms with Gasteiger partial charge in [0.2, 0.25) is 0 Å². The van der Waals surface area contributed by atoms with Crippen molar-refractivity contribution in [3.63, 3.8) is 0 Å². The number of nitrogens with one attached hydrogen (secondary N) is 1. The van der Waals surface area contributed by atoms with Crippen molar-refractivity contribution in [3.05, 3.63) is 0 Å². The Morgan fingerprint density at radius 2 is 1.82 bits per heavy atom. The van der Waals surface area contributed by atoms with E-state index in [2.05, 4.69) is 26.1 Å². The molecule has 1 aliphatic heterocycles.